The molecule has 6 heteroatoms. The summed E-state index contributed by atoms with van der Waals surface area (Å²) in [7, 11) is 0. The predicted octanol–water partition coefficient (Wildman–Crippen LogP) is 1.35. The van der Waals surface area contributed by atoms with E-state index in [1.165, 1.54) is 0 Å². The minimum atomic E-state index is -0.826. The van der Waals surface area contributed by atoms with Gasteiger partial charge in [0.1, 0.15) is 5.41 Å². The first kappa shape index (κ1) is 13.8. The van der Waals surface area contributed by atoms with Gasteiger partial charge in [-0.2, -0.15) is 0 Å². The number of pyridine rings is 1. The van der Waals surface area contributed by atoms with E-state index in [-0.39, 0.29) is 5.92 Å². The van der Waals surface area contributed by atoms with Gasteiger partial charge in [-0.15, -0.1) is 0 Å². The third-order valence-corrected chi connectivity index (χ3v) is 4.24. The van der Waals surface area contributed by atoms with Crippen LogP contribution < -0.4 is 5.73 Å². The first-order chi connectivity index (χ1) is 10.2. The zero-order valence-electron chi connectivity index (χ0n) is 11.6. The molecule has 0 aliphatic heterocycles. The molecule has 0 unspecified atom stereocenters. The van der Waals surface area contributed by atoms with Crippen molar-refractivity contribution in [1.29, 1.82) is 0 Å². The maximum atomic E-state index is 11.7. The first-order valence-electron chi connectivity index (χ1n) is 7.07. The summed E-state index contributed by atoms with van der Waals surface area (Å²) in [5, 5.41) is 9.62. The second-order valence-electron chi connectivity index (χ2n) is 5.48. The smallest absolute Gasteiger partial charge is 0.316 e. The van der Waals surface area contributed by atoms with E-state index in [0.29, 0.717) is 18.7 Å². The minimum Gasteiger partial charge on any atom is -0.481 e. The SMILES string of the molecule is NCCC[C@@H]1C[C@@]1(C(=O)O)c1cn(-c2ccncc2)cn1. The van der Waals surface area contributed by atoms with Crippen LogP contribution in [0.1, 0.15) is 25.0 Å². The lowest BCUT2D eigenvalue weighted by atomic mass is 9.98. The molecule has 0 aromatic carbocycles. The summed E-state index contributed by atoms with van der Waals surface area (Å²) in [4.78, 5) is 20.0. The molecule has 1 aliphatic rings. The summed E-state index contributed by atoms with van der Waals surface area (Å²) in [6.45, 7) is 0.595. The second kappa shape index (κ2) is 5.29. The lowest BCUT2D eigenvalue weighted by Gasteiger charge is -2.09. The summed E-state index contributed by atoms with van der Waals surface area (Å²) >= 11 is 0. The molecule has 0 saturated heterocycles. The van der Waals surface area contributed by atoms with E-state index in [4.69, 9.17) is 5.73 Å². The van der Waals surface area contributed by atoms with Crippen LogP contribution in [0.25, 0.3) is 5.69 Å². The highest BCUT2D eigenvalue weighted by atomic mass is 16.4. The van der Waals surface area contributed by atoms with E-state index in [9.17, 15) is 9.90 Å². The highest BCUT2D eigenvalue weighted by Crippen LogP contribution is 2.56. The van der Waals surface area contributed by atoms with Crippen molar-refractivity contribution >= 4 is 5.97 Å². The fourth-order valence-electron chi connectivity index (χ4n) is 2.94. The standard InChI is InChI=1S/C15H18N4O2/c16-5-1-2-11-8-15(11,14(20)21)13-9-19(10-18-13)12-3-6-17-7-4-12/h3-4,6-7,9-11H,1-2,5,8,16H2,(H,20,21)/t11-,15+/m1/s1. The molecule has 3 rings (SSSR count). The largest absolute Gasteiger partial charge is 0.481 e. The maximum absolute atomic E-state index is 11.7. The van der Waals surface area contributed by atoms with E-state index in [2.05, 4.69) is 9.97 Å². The molecule has 6 nitrogen and oxygen atoms in total. The maximum Gasteiger partial charge on any atom is 0.316 e. The molecule has 2 atom stereocenters. The van der Waals surface area contributed by atoms with Gasteiger partial charge >= 0.3 is 5.97 Å². The summed E-state index contributed by atoms with van der Waals surface area (Å²) in [5.41, 5.74) is 6.24. The molecule has 2 aromatic rings. The highest BCUT2D eigenvalue weighted by molar-refractivity contribution is 5.85. The van der Waals surface area contributed by atoms with Crippen LogP contribution in [0.4, 0.5) is 0 Å². The lowest BCUT2D eigenvalue weighted by Crippen LogP contribution is -2.23. The van der Waals surface area contributed by atoms with Crippen molar-refractivity contribution in [1.82, 2.24) is 14.5 Å². The number of hydrogen-bond donors (Lipinski definition) is 2. The van der Waals surface area contributed by atoms with Gasteiger partial charge in [0.15, 0.2) is 0 Å². The highest BCUT2D eigenvalue weighted by Gasteiger charge is 2.62. The second-order valence-corrected chi connectivity index (χ2v) is 5.48. The van der Waals surface area contributed by atoms with Crippen LogP contribution in [-0.4, -0.2) is 32.2 Å². The summed E-state index contributed by atoms with van der Waals surface area (Å²) in [6.07, 6.45) is 9.21. The zero-order chi connectivity index (χ0) is 14.9. The van der Waals surface area contributed by atoms with Gasteiger partial charge < -0.3 is 15.4 Å². The Bertz CT molecular complexity index is 640. The van der Waals surface area contributed by atoms with Crippen molar-refractivity contribution in [3.8, 4) is 5.69 Å². The summed E-state index contributed by atoms with van der Waals surface area (Å²) in [5.74, 6) is -0.649. The minimum absolute atomic E-state index is 0.138. The molecule has 0 bridgehead atoms. The Morgan fingerprint density at radius 3 is 2.90 bits per heavy atom. The molecule has 110 valence electrons. The number of carboxylic acid groups (broad SMARTS) is 1. The number of imidazole rings is 1. The van der Waals surface area contributed by atoms with E-state index in [1.54, 1.807) is 18.7 Å². The average molecular weight is 286 g/mol. The van der Waals surface area contributed by atoms with Crippen molar-refractivity contribution in [2.75, 3.05) is 6.54 Å². The summed E-state index contributed by atoms with van der Waals surface area (Å²) in [6, 6.07) is 3.72. The van der Waals surface area contributed by atoms with Gasteiger partial charge in [0.2, 0.25) is 0 Å². The molecule has 1 fully saturated rings. The molecule has 2 heterocycles. The topological polar surface area (TPSA) is 94.0 Å². The van der Waals surface area contributed by atoms with Gasteiger partial charge in [-0.05, 0) is 43.9 Å². The normalized spacial score (nSPS) is 24.0. The number of aromatic nitrogens is 3. The van der Waals surface area contributed by atoms with Crippen LogP contribution in [0, 0.1) is 5.92 Å². The Morgan fingerprint density at radius 2 is 2.24 bits per heavy atom. The summed E-state index contributed by atoms with van der Waals surface area (Å²) < 4.78 is 1.83. The Hall–Kier alpha value is -2.21. The van der Waals surface area contributed by atoms with E-state index >= 15 is 0 Å². The Balaban J connectivity index is 1.86. The molecule has 1 aliphatic carbocycles. The van der Waals surface area contributed by atoms with Crippen molar-refractivity contribution in [2.45, 2.75) is 24.7 Å². The molecule has 2 aromatic heterocycles. The monoisotopic (exact) mass is 286 g/mol. The van der Waals surface area contributed by atoms with E-state index in [1.807, 2.05) is 22.9 Å². The molecule has 3 N–H and O–H groups in total. The predicted molar refractivity (Wildman–Crippen MR) is 77.1 cm³/mol. The lowest BCUT2D eigenvalue weighted by molar-refractivity contribution is -0.140. The van der Waals surface area contributed by atoms with E-state index < -0.39 is 11.4 Å². The number of nitrogens with two attached hydrogens (primary N) is 1. The quantitative estimate of drug-likeness (QED) is 0.836. The number of rotatable bonds is 6. The van der Waals surface area contributed by atoms with Crippen LogP contribution in [0.2, 0.25) is 0 Å². The Kier molecular flexibility index (Phi) is 3.47. The zero-order valence-corrected chi connectivity index (χ0v) is 11.6. The Morgan fingerprint density at radius 1 is 1.48 bits per heavy atom. The molecule has 0 radical (unpaired) electrons. The van der Waals surface area contributed by atoms with Gasteiger partial charge in [0.25, 0.3) is 0 Å². The Labute approximate surface area is 122 Å². The van der Waals surface area contributed by atoms with Crippen LogP contribution in [0.15, 0.2) is 37.1 Å². The molecular formula is C15H18N4O2. The van der Waals surface area contributed by atoms with E-state index in [0.717, 1.165) is 18.5 Å². The third-order valence-electron chi connectivity index (χ3n) is 4.24. The van der Waals surface area contributed by atoms with Gasteiger partial charge in [0.05, 0.1) is 12.0 Å². The molecule has 0 spiro atoms. The molecule has 1 saturated carbocycles. The average Bonchev–Trinajstić information content (AvgIpc) is 3.03. The fourth-order valence-corrected chi connectivity index (χ4v) is 2.94. The number of carboxylic acids is 1. The first-order valence-corrected chi connectivity index (χ1v) is 7.07. The van der Waals surface area contributed by atoms with Gasteiger partial charge in [0, 0.05) is 24.3 Å². The number of carbonyl (C=O) groups is 1. The van der Waals surface area contributed by atoms with Crippen molar-refractivity contribution in [3.63, 3.8) is 0 Å². The van der Waals surface area contributed by atoms with Crippen LogP contribution in [0.5, 0.6) is 0 Å². The van der Waals surface area contributed by atoms with Crippen LogP contribution in [-0.2, 0) is 10.2 Å². The van der Waals surface area contributed by atoms with Gasteiger partial charge in [-0.25, -0.2) is 4.98 Å². The number of nitrogens with zero attached hydrogens (tertiary/aromatic N) is 3. The molecule has 0 amide bonds. The van der Waals surface area contributed by atoms with Crippen molar-refractivity contribution in [3.05, 3.63) is 42.7 Å². The number of hydrogen-bond acceptors (Lipinski definition) is 4. The number of aliphatic carboxylic acids is 1. The van der Waals surface area contributed by atoms with Gasteiger partial charge in [-0.3, -0.25) is 9.78 Å². The molecule has 21 heavy (non-hydrogen) atoms. The van der Waals surface area contributed by atoms with Gasteiger partial charge in [-0.1, -0.05) is 0 Å². The van der Waals surface area contributed by atoms with Crippen LogP contribution >= 0.6 is 0 Å². The molecular weight excluding hydrogens is 268 g/mol. The van der Waals surface area contributed by atoms with Crippen molar-refractivity contribution < 1.29 is 9.90 Å². The third kappa shape index (κ3) is 2.31. The van der Waals surface area contributed by atoms with Crippen molar-refractivity contribution in [2.24, 2.45) is 11.7 Å². The fraction of sp³-hybridized carbons (Fsp3) is 0.400. The van der Waals surface area contributed by atoms with Crippen LogP contribution in [0.3, 0.4) is 0 Å².